The number of rotatable bonds is 8. The number of methoxy groups -OCH3 is 1. The maximum Gasteiger partial charge on any atom is 0.148 e. The van der Waals surface area contributed by atoms with E-state index in [1.807, 2.05) is 10.8 Å². The van der Waals surface area contributed by atoms with Crippen LogP contribution in [0.15, 0.2) is 0 Å². The first-order valence-electron chi connectivity index (χ1n) is 3.98. The summed E-state index contributed by atoms with van der Waals surface area (Å²) < 4.78 is 4.93. The third-order valence-electron chi connectivity index (χ3n) is 1.54. The largest absolute Gasteiger partial charge is 0.374 e. The van der Waals surface area contributed by atoms with E-state index in [4.69, 9.17) is 4.74 Å². The summed E-state index contributed by atoms with van der Waals surface area (Å²) >= 11 is 0. The number of ether oxygens (including phenoxy) is 1. The van der Waals surface area contributed by atoms with E-state index < -0.39 is 0 Å². The van der Waals surface area contributed by atoms with Gasteiger partial charge in [-0.05, 0) is 25.5 Å². The molecule has 0 bridgehead atoms. The minimum absolute atomic E-state index is 0.190. The van der Waals surface area contributed by atoms with E-state index in [9.17, 15) is 4.79 Å². The first kappa shape index (κ1) is 12.3. The van der Waals surface area contributed by atoms with Crippen molar-refractivity contribution < 1.29 is 9.53 Å². The van der Waals surface area contributed by atoms with Gasteiger partial charge in [-0.15, -0.1) is 0 Å². The Hall–Kier alpha value is 0.330. The molecule has 0 fully saturated rings. The maximum atomic E-state index is 10.3. The van der Waals surface area contributed by atoms with Crippen LogP contribution in [0.5, 0.6) is 0 Å². The average molecular weight is 208 g/mol. The van der Waals surface area contributed by atoms with Gasteiger partial charge < -0.3 is 9.53 Å². The predicted molar refractivity (Wildman–Crippen MR) is 56.7 cm³/mol. The Morgan fingerprint density at radius 1 is 1.50 bits per heavy atom. The second-order valence-corrected chi connectivity index (χ2v) is 5.08. The summed E-state index contributed by atoms with van der Waals surface area (Å²) in [6.45, 7) is 0. The molecule has 0 aromatic heterocycles. The van der Waals surface area contributed by atoms with Crippen molar-refractivity contribution >= 4 is 27.9 Å². The van der Waals surface area contributed by atoms with Gasteiger partial charge in [0.15, 0.2) is 0 Å². The van der Waals surface area contributed by atoms with Crippen LogP contribution < -0.4 is 0 Å². The molecule has 0 rings (SSSR count). The van der Waals surface area contributed by atoms with Gasteiger partial charge in [-0.3, -0.25) is 0 Å². The zero-order valence-corrected chi connectivity index (χ0v) is 9.25. The van der Waals surface area contributed by atoms with Gasteiger partial charge in [0.25, 0.3) is 0 Å². The fourth-order valence-corrected chi connectivity index (χ4v) is 2.17. The highest BCUT2D eigenvalue weighted by atomic mass is 33.1. The second kappa shape index (κ2) is 9.42. The third kappa shape index (κ3) is 7.00. The van der Waals surface area contributed by atoms with E-state index in [0.29, 0.717) is 0 Å². The Balaban J connectivity index is 3.12. The topological polar surface area (TPSA) is 26.3 Å². The molecule has 0 heterocycles. The molecule has 0 aliphatic carbocycles. The standard InChI is InChI=1S/C8H16O2S2/c1-10-8(7-9)5-3-4-6-12-11-2/h7-8H,3-6H2,1-2H3. The molecule has 0 aromatic rings. The van der Waals surface area contributed by atoms with Crippen molar-refractivity contribution in [1.82, 2.24) is 0 Å². The summed E-state index contributed by atoms with van der Waals surface area (Å²) in [5.41, 5.74) is 0. The quantitative estimate of drug-likeness (QED) is 0.347. The molecule has 0 aliphatic heterocycles. The third-order valence-corrected chi connectivity index (χ3v) is 3.44. The zero-order chi connectivity index (χ0) is 9.23. The van der Waals surface area contributed by atoms with Gasteiger partial charge in [-0.1, -0.05) is 21.6 Å². The van der Waals surface area contributed by atoms with E-state index in [1.165, 1.54) is 6.42 Å². The summed E-state index contributed by atoms with van der Waals surface area (Å²) in [7, 11) is 5.23. The molecule has 0 saturated heterocycles. The van der Waals surface area contributed by atoms with Crippen LogP contribution in [-0.4, -0.2) is 31.5 Å². The molecule has 12 heavy (non-hydrogen) atoms. The molecule has 2 nitrogen and oxygen atoms in total. The van der Waals surface area contributed by atoms with Gasteiger partial charge in [0.2, 0.25) is 0 Å². The van der Waals surface area contributed by atoms with Crippen LogP contribution in [0.4, 0.5) is 0 Å². The monoisotopic (exact) mass is 208 g/mol. The highest BCUT2D eigenvalue weighted by Gasteiger charge is 2.03. The molecule has 1 unspecified atom stereocenters. The van der Waals surface area contributed by atoms with Crippen LogP contribution in [0.3, 0.4) is 0 Å². The minimum Gasteiger partial charge on any atom is -0.374 e. The molecule has 0 saturated carbocycles. The lowest BCUT2D eigenvalue weighted by molar-refractivity contribution is -0.116. The van der Waals surface area contributed by atoms with Crippen LogP contribution in [-0.2, 0) is 9.53 Å². The van der Waals surface area contributed by atoms with Crippen LogP contribution >= 0.6 is 21.6 Å². The molecule has 4 heteroatoms. The number of unbranched alkanes of at least 4 members (excludes halogenated alkanes) is 1. The maximum absolute atomic E-state index is 10.3. The van der Waals surface area contributed by atoms with Crippen LogP contribution in [0, 0.1) is 0 Å². The van der Waals surface area contributed by atoms with Gasteiger partial charge in [0.05, 0.1) is 0 Å². The molecule has 0 aliphatic rings. The van der Waals surface area contributed by atoms with Crippen molar-refractivity contribution in [2.24, 2.45) is 0 Å². The predicted octanol–water partition coefficient (Wildman–Crippen LogP) is 2.38. The van der Waals surface area contributed by atoms with Crippen LogP contribution in [0.1, 0.15) is 19.3 Å². The van der Waals surface area contributed by atoms with Crippen molar-refractivity contribution in [3.63, 3.8) is 0 Å². The smallest absolute Gasteiger partial charge is 0.148 e. The summed E-state index contributed by atoms with van der Waals surface area (Å²) in [5, 5.41) is 0. The Bertz CT molecular complexity index is 109. The SMILES string of the molecule is COC(C=O)CCCCSSC. The Morgan fingerprint density at radius 3 is 2.75 bits per heavy atom. The summed E-state index contributed by atoms with van der Waals surface area (Å²) in [6, 6.07) is 0. The highest BCUT2D eigenvalue weighted by molar-refractivity contribution is 8.76. The lowest BCUT2D eigenvalue weighted by Crippen LogP contribution is -2.11. The van der Waals surface area contributed by atoms with Gasteiger partial charge in [-0.2, -0.15) is 0 Å². The molecule has 0 radical (unpaired) electrons. The molecular formula is C8H16O2S2. The number of hydrogen-bond acceptors (Lipinski definition) is 4. The highest BCUT2D eigenvalue weighted by Crippen LogP contribution is 2.18. The number of aldehydes is 1. The second-order valence-electron chi connectivity index (χ2n) is 2.39. The van der Waals surface area contributed by atoms with Crippen molar-refractivity contribution in [2.45, 2.75) is 25.4 Å². The van der Waals surface area contributed by atoms with Gasteiger partial charge in [-0.25, -0.2) is 0 Å². The summed E-state index contributed by atoms with van der Waals surface area (Å²) in [4.78, 5) is 10.3. The number of hydrogen-bond donors (Lipinski definition) is 0. The molecule has 0 aromatic carbocycles. The molecule has 0 N–H and O–H groups in total. The van der Waals surface area contributed by atoms with Crippen molar-refractivity contribution in [3.05, 3.63) is 0 Å². The van der Waals surface area contributed by atoms with E-state index in [2.05, 4.69) is 6.26 Å². The number of carbonyl (C=O) groups is 1. The number of carbonyl (C=O) groups excluding carboxylic acids is 1. The van der Waals surface area contributed by atoms with Gasteiger partial charge >= 0.3 is 0 Å². The first-order valence-corrected chi connectivity index (χ1v) is 6.71. The van der Waals surface area contributed by atoms with E-state index in [0.717, 1.165) is 24.9 Å². The average Bonchev–Trinajstić information content (AvgIpc) is 2.11. The normalized spacial score (nSPS) is 12.8. The van der Waals surface area contributed by atoms with E-state index >= 15 is 0 Å². The fraction of sp³-hybridized carbons (Fsp3) is 0.875. The van der Waals surface area contributed by atoms with Crippen LogP contribution in [0.25, 0.3) is 0 Å². The van der Waals surface area contributed by atoms with E-state index in [-0.39, 0.29) is 6.10 Å². The summed E-state index contributed by atoms with van der Waals surface area (Å²) in [5.74, 6) is 1.16. The molecule has 0 amide bonds. The molecule has 1 atom stereocenters. The fourth-order valence-electron chi connectivity index (χ4n) is 0.831. The lowest BCUT2D eigenvalue weighted by Gasteiger charge is -2.06. The van der Waals surface area contributed by atoms with E-state index in [1.54, 1.807) is 17.9 Å². The van der Waals surface area contributed by atoms with Crippen molar-refractivity contribution in [2.75, 3.05) is 19.1 Å². The van der Waals surface area contributed by atoms with Gasteiger partial charge in [0.1, 0.15) is 12.4 Å². The Kier molecular flexibility index (Phi) is 9.68. The molecular weight excluding hydrogens is 192 g/mol. The lowest BCUT2D eigenvalue weighted by atomic mass is 10.2. The summed E-state index contributed by atoms with van der Waals surface area (Å²) in [6.07, 6.45) is 5.86. The van der Waals surface area contributed by atoms with Gasteiger partial charge in [0, 0.05) is 12.9 Å². The Labute approximate surface area is 82.2 Å². The Morgan fingerprint density at radius 2 is 2.25 bits per heavy atom. The minimum atomic E-state index is -0.190. The molecule has 72 valence electrons. The zero-order valence-electron chi connectivity index (χ0n) is 7.62. The molecule has 0 spiro atoms. The van der Waals surface area contributed by atoms with Crippen molar-refractivity contribution in [3.8, 4) is 0 Å². The first-order chi connectivity index (χ1) is 5.85. The van der Waals surface area contributed by atoms with Crippen molar-refractivity contribution in [1.29, 1.82) is 0 Å². The van der Waals surface area contributed by atoms with Crippen LogP contribution in [0.2, 0.25) is 0 Å².